The van der Waals surface area contributed by atoms with E-state index in [0.717, 1.165) is 5.56 Å². The van der Waals surface area contributed by atoms with Crippen molar-refractivity contribution in [1.29, 1.82) is 5.41 Å². The number of amides is 1. The summed E-state index contributed by atoms with van der Waals surface area (Å²) in [6, 6.07) is 16.7. The van der Waals surface area contributed by atoms with Crippen molar-refractivity contribution in [2.75, 3.05) is 6.54 Å². The van der Waals surface area contributed by atoms with Crippen molar-refractivity contribution >= 4 is 22.6 Å². The molecule has 0 saturated heterocycles. The summed E-state index contributed by atoms with van der Waals surface area (Å²) in [6.45, 7) is 2.69. The van der Waals surface area contributed by atoms with E-state index in [1.165, 1.54) is 10.5 Å². The summed E-state index contributed by atoms with van der Waals surface area (Å²) < 4.78 is 3.11. The Hall–Kier alpha value is -3.74. The van der Waals surface area contributed by atoms with E-state index in [9.17, 15) is 9.59 Å². The number of nitrogens with zero attached hydrogens (tertiary/aromatic N) is 3. The Bertz CT molecular complexity index is 1320. The molecule has 0 fully saturated rings. The fraction of sp³-hybridized carbons (Fsp3) is 0.182. The average molecular weight is 387 g/mol. The van der Waals surface area contributed by atoms with Crippen LogP contribution >= 0.6 is 0 Å². The Kier molecular flexibility index (Phi) is 4.95. The molecule has 4 rings (SSSR count). The predicted octanol–water partition coefficient (Wildman–Crippen LogP) is 2.12. The van der Waals surface area contributed by atoms with Crippen LogP contribution in [-0.4, -0.2) is 26.4 Å². The van der Waals surface area contributed by atoms with E-state index in [1.807, 2.05) is 43.3 Å². The molecular formula is C22H21N5O2. The van der Waals surface area contributed by atoms with Crippen molar-refractivity contribution in [2.45, 2.75) is 19.9 Å². The van der Waals surface area contributed by atoms with Crippen LogP contribution in [0.4, 0.5) is 0 Å². The number of pyridine rings is 2. The molecule has 0 radical (unpaired) electrons. The van der Waals surface area contributed by atoms with Gasteiger partial charge in [0, 0.05) is 19.3 Å². The van der Waals surface area contributed by atoms with Gasteiger partial charge in [-0.2, -0.15) is 0 Å². The fourth-order valence-corrected chi connectivity index (χ4v) is 3.42. The Balaban J connectivity index is 1.96. The number of aryl methyl sites for hydroxylation is 2. The van der Waals surface area contributed by atoms with Crippen LogP contribution in [0.2, 0.25) is 0 Å². The van der Waals surface area contributed by atoms with Gasteiger partial charge in [-0.15, -0.1) is 0 Å². The SMILES string of the molecule is CCNC(=O)c1cc2c(=O)n3ccccc3nc2n(CCc2ccccc2)c1=N. The monoisotopic (exact) mass is 387 g/mol. The molecular weight excluding hydrogens is 366 g/mol. The van der Waals surface area contributed by atoms with Crippen molar-refractivity contribution in [1.82, 2.24) is 19.3 Å². The molecule has 1 amide bonds. The van der Waals surface area contributed by atoms with Gasteiger partial charge in [-0.1, -0.05) is 36.4 Å². The van der Waals surface area contributed by atoms with Gasteiger partial charge < -0.3 is 9.88 Å². The third-order valence-corrected chi connectivity index (χ3v) is 4.87. The summed E-state index contributed by atoms with van der Waals surface area (Å²) in [7, 11) is 0. The number of rotatable bonds is 5. The van der Waals surface area contributed by atoms with Crippen LogP contribution in [0.3, 0.4) is 0 Å². The Morgan fingerprint density at radius 2 is 1.90 bits per heavy atom. The first kappa shape index (κ1) is 18.6. The smallest absolute Gasteiger partial charge is 0.267 e. The summed E-state index contributed by atoms with van der Waals surface area (Å²) in [4.78, 5) is 30.2. The van der Waals surface area contributed by atoms with Gasteiger partial charge in [0.05, 0.1) is 10.9 Å². The lowest BCUT2D eigenvalue weighted by molar-refractivity contribution is 0.0953. The first-order chi connectivity index (χ1) is 14.1. The van der Waals surface area contributed by atoms with Crippen molar-refractivity contribution in [3.63, 3.8) is 0 Å². The number of carbonyl (C=O) groups excluding carboxylic acids is 1. The molecule has 3 aromatic heterocycles. The first-order valence-electron chi connectivity index (χ1n) is 9.52. The Labute approximate surface area is 166 Å². The van der Waals surface area contributed by atoms with Crippen LogP contribution in [-0.2, 0) is 13.0 Å². The first-order valence-corrected chi connectivity index (χ1v) is 9.52. The Morgan fingerprint density at radius 1 is 1.14 bits per heavy atom. The van der Waals surface area contributed by atoms with E-state index >= 15 is 0 Å². The van der Waals surface area contributed by atoms with Crippen LogP contribution in [0, 0.1) is 5.41 Å². The molecule has 0 aliphatic carbocycles. The van der Waals surface area contributed by atoms with Crippen LogP contribution in [0.25, 0.3) is 16.7 Å². The number of hydrogen-bond donors (Lipinski definition) is 2. The zero-order chi connectivity index (χ0) is 20.4. The summed E-state index contributed by atoms with van der Waals surface area (Å²) in [5.41, 5.74) is 1.98. The van der Waals surface area contributed by atoms with Gasteiger partial charge in [0.1, 0.15) is 16.8 Å². The van der Waals surface area contributed by atoms with Crippen molar-refractivity contribution < 1.29 is 4.79 Å². The van der Waals surface area contributed by atoms with Gasteiger partial charge >= 0.3 is 0 Å². The number of carbonyl (C=O) groups is 1. The zero-order valence-corrected chi connectivity index (χ0v) is 16.1. The highest BCUT2D eigenvalue weighted by molar-refractivity contribution is 5.96. The molecule has 0 bridgehead atoms. The summed E-state index contributed by atoms with van der Waals surface area (Å²) >= 11 is 0. The predicted molar refractivity (Wildman–Crippen MR) is 111 cm³/mol. The standard InChI is InChI=1S/C22H21N5O2/c1-2-24-21(28)16-14-17-20(25-18-10-6-7-12-26(18)22(17)29)27(19(16)23)13-11-15-8-4-3-5-9-15/h3-10,12,14,23H,2,11,13H2,1H3,(H,24,28). The average Bonchev–Trinajstić information content (AvgIpc) is 2.74. The molecule has 0 spiro atoms. The maximum atomic E-state index is 13.1. The molecule has 0 aliphatic heterocycles. The molecule has 29 heavy (non-hydrogen) atoms. The summed E-state index contributed by atoms with van der Waals surface area (Å²) in [5, 5.41) is 11.7. The summed E-state index contributed by atoms with van der Waals surface area (Å²) in [5.74, 6) is -0.370. The van der Waals surface area contributed by atoms with E-state index in [1.54, 1.807) is 22.9 Å². The molecule has 3 heterocycles. The van der Waals surface area contributed by atoms with Gasteiger partial charge in [-0.25, -0.2) is 4.98 Å². The minimum absolute atomic E-state index is 0.0477. The van der Waals surface area contributed by atoms with Gasteiger partial charge in [0.2, 0.25) is 0 Å². The second-order valence-corrected chi connectivity index (χ2v) is 6.74. The van der Waals surface area contributed by atoms with Crippen molar-refractivity contribution in [3.8, 4) is 0 Å². The lowest BCUT2D eigenvalue weighted by Gasteiger charge is -2.14. The normalized spacial score (nSPS) is 11.1. The minimum Gasteiger partial charge on any atom is -0.352 e. The molecule has 0 unspecified atom stereocenters. The molecule has 2 N–H and O–H groups in total. The van der Waals surface area contributed by atoms with E-state index < -0.39 is 0 Å². The van der Waals surface area contributed by atoms with E-state index in [-0.39, 0.29) is 22.5 Å². The number of nitrogens with one attached hydrogen (secondary N) is 2. The van der Waals surface area contributed by atoms with E-state index in [0.29, 0.717) is 36.2 Å². The zero-order valence-electron chi connectivity index (χ0n) is 16.1. The topological polar surface area (TPSA) is 92.2 Å². The van der Waals surface area contributed by atoms with Gasteiger partial charge in [-0.3, -0.25) is 19.4 Å². The fourth-order valence-electron chi connectivity index (χ4n) is 3.42. The maximum absolute atomic E-state index is 13.1. The minimum atomic E-state index is -0.370. The molecule has 146 valence electrons. The van der Waals surface area contributed by atoms with Gasteiger partial charge in [-0.05, 0) is 37.1 Å². The molecule has 0 atom stereocenters. The second-order valence-electron chi connectivity index (χ2n) is 6.74. The highest BCUT2D eigenvalue weighted by atomic mass is 16.1. The maximum Gasteiger partial charge on any atom is 0.267 e. The highest BCUT2D eigenvalue weighted by Gasteiger charge is 2.17. The molecule has 0 aliphatic rings. The molecule has 0 saturated carbocycles. The second kappa shape index (κ2) is 7.71. The largest absolute Gasteiger partial charge is 0.352 e. The number of aromatic nitrogens is 3. The van der Waals surface area contributed by atoms with Gasteiger partial charge in [0.15, 0.2) is 0 Å². The van der Waals surface area contributed by atoms with Crippen LogP contribution in [0.15, 0.2) is 65.6 Å². The quantitative estimate of drug-likeness (QED) is 0.514. The molecule has 7 nitrogen and oxygen atoms in total. The lowest BCUT2D eigenvalue weighted by Crippen LogP contribution is -2.35. The molecule has 7 heteroatoms. The van der Waals surface area contributed by atoms with Crippen LogP contribution in [0.1, 0.15) is 22.8 Å². The van der Waals surface area contributed by atoms with Crippen LogP contribution < -0.4 is 16.4 Å². The van der Waals surface area contributed by atoms with E-state index in [2.05, 4.69) is 10.3 Å². The molecule has 4 aromatic rings. The number of benzene rings is 1. The number of hydrogen-bond acceptors (Lipinski definition) is 4. The van der Waals surface area contributed by atoms with Crippen molar-refractivity contribution in [2.24, 2.45) is 0 Å². The third-order valence-electron chi connectivity index (χ3n) is 4.87. The highest BCUT2D eigenvalue weighted by Crippen LogP contribution is 2.11. The third kappa shape index (κ3) is 3.42. The van der Waals surface area contributed by atoms with Crippen molar-refractivity contribution in [3.05, 3.63) is 87.8 Å². The number of fused-ring (bicyclic) bond motifs is 2. The van der Waals surface area contributed by atoms with Crippen LogP contribution in [0.5, 0.6) is 0 Å². The molecule has 1 aromatic carbocycles. The Morgan fingerprint density at radius 3 is 2.66 bits per heavy atom. The summed E-state index contributed by atoms with van der Waals surface area (Å²) in [6.07, 6.45) is 2.31. The lowest BCUT2D eigenvalue weighted by atomic mass is 10.1. The van der Waals surface area contributed by atoms with Gasteiger partial charge in [0.25, 0.3) is 11.5 Å². The van der Waals surface area contributed by atoms with E-state index in [4.69, 9.17) is 5.41 Å².